The Morgan fingerprint density at radius 1 is 0.690 bits per heavy atom. The molecule has 5 nitrogen and oxygen atoms in total. The summed E-state index contributed by atoms with van der Waals surface area (Å²) >= 11 is 0. The molecule has 0 amide bonds. The number of carboxylic acid groups (broad SMARTS) is 2. The summed E-state index contributed by atoms with van der Waals surface area (Å²) in [5.74, 6) is -1.91. The molecule has 0 unspecified atom stereocenters. The van der Waals surface area contributed by atoms with E-state index in [1.165, 1.54) is 89.9 Å². The molecule has 0 aromatic carbocycles. The Balaban J connectivity index is 0. The fraction of sp³-hybridized carbons (Fsp3) is 0.913. The van der Waals surface area contributed by atoms with Crippen molar-refractivity contribution in [2.75, 3.05) is 6.54 Å². The minimum absolute atomic E-state index is 0. The maximum absolute atomic E-state index is 11.1. The fourth-order valence-corrected chi connectivity index (χ4v) is 3.53. The van der Waals surface area contributed by atoms with Gasteiger partial charge in [-0.3, -0.25) is 9.59 Å². The van der Waals surface area contributed by atoms with Gasteiger partial charge in [0.05, 0.1) is 0 Å². The van der Waals surface area contributed by atoms with Crippen molar-refractivity contribution in [3.63, 3.8) is 0 Å². The minimum atomic E-state index is -0.960. The number of aliphatic carboxylic acids is 2. The van der Waals surface area contributed by atoms with Gasteiger partial charge in [-0.1, -0.05) is 103 Å². The summed E-state index contributed by atoms with van der Waals surface area (Å²) in [7, 11) is 0. The van der Waals surface area contributed by atoms with Crippen LogP contribution in [-0.4, -0.2) is 64.3 Å². The second-order valence-electron chi connectivity index (χ2n) is 8.08. The molecule has 0 aromatic heterocycles. The van der Waals surface area contributed by atoms with Crippen molar-refractivity contribution >= 4 is 41.5 Å². The standard InChI is InChI=1S/C23H45NO4.Na/c1-2-3-4-5-6-7-8-9-10-11-12-13-14-15-16-17-20-24-21(23(27)28)18-19-22(25)26;/h21,24H,2-20H2,1H3,(H,25,26)(H,27,28);/t21-;/m0./s1. The summed E-state index contributed by atoms with van der Waals surface area (Å²) < 4.78 is 0. The van der Waals surface area contributed by atoms with Crippen LogP contribution < -0.4 is 5.32 Å². The first kappa shape index (κ1) is 31.1. The Hall–Kier alpha value is -0.100. The molecule has 0 spiro atoms. The van der Waals surface area contributed by atoms with Crippen molar-refractivity contribution in [3.8, 4) is 0 Å². The largest absolute Gasteiger partial charge is 0.481 e. The third-order valence-corrected chi connectivity index (χ3v) is 5.37. The van der Waals surface area contributed by atoms with Crippen LogP contribution in [0.2, 0.25) is 0 Å². The van der Waals surface area contributed by atoms with Crippen LogP contribution in [0.4, 0.5) is 0 Å². The van der Waals surface area contributed by atoms with E-state index in [9.17, 15) is 9.59 Å². The SMILES string of the molecule is CCCCCCCCCCCCCCCCCCN[C@@H](CCC(=O)O)C(=O)O.[Na]. The van der Waals surface area contributed by atoms with Gasteiger partial charge in [-0.2, -0.15) is 0 Å². The summed E-state index contributed by atoms with van der Waals surface area (Å²) in [6, 6.07) is -0.743. The van der Waals surface area contributed by atoms with E-state index in [0.717, 1.165) is 12.8 Å². The van der Waals surface area contributed by atoms with Gasteiger partial charge in [0.1, 0.15) is 6.04 Å². The van der Waals surface area contributed by atoms with Gasteiger partial charge in [0.2, 0.25) is 0 Å². The number of carbonyl (C=O) groups is 2. The van der Waals surface area contributed by atoms with Crippen molar-refractivity contribution in [1.29, 1.82) is 0 Å². The van der Waals surface area contributed by atoms with E-state index in [1.54, 1.807) is 0 Å². The molecule has 0 saturated heterocycles. The second-order valence-corrected chi connectivity index (χ2v) is 8.08. The number of hydrogen-bond acceptors (Lipinski definition) is 3. The number of carboxylic acids is 2. The molecule has 167 valence electrons. The van der Waals surface area contributed by atoms with Crippen LogP contribution in [0.5, 0.6) is 0 Å². The van der Waals surface area contributed by atoms with E-state index in [4.69, 9.17) is 10.2 Å². The van der Waals surface area contributed by atoms with Gasteiger partial charge in [-0.05, 0) is 19.4 Å². The minimum Gasteiger partial charge on any atom is -0.481 e. The zero-order valence-corrected chi connectivity index (χ0v) is 21.2. The Morgan fingerprint density at radius 3 is 1.41 bits per heavy atom. The molecule has 1 atom stereocenters. The molecular weight excluding hydrogens is 377 g/mol. The molecular formula is C23H45NNaO4. The Kier molecular flexibility index (Phi) is 25.9. The smallest absolute Gasteiger partial charge is 0.320 e. The van der Waals surface area contributed by atoms with E-state index >= 15 is 0 Å². The molecule has 0 aromatic rings. The average Bonchev–Trinajstić information content (AvgIpc) is 2.66. The summed E-state index contributed by atoms with van der Waals surface area (Å²) in [5.41, 5.74) is 0. The summed E-state index contributed by atoms with van der Waals surface area (Å²) in [6.07, 6.45) is 21.1. The van der Waals surface area contributed by atoms with Gasteiger partial charge in [0, 0.05) is 36.0 Å². The van der Waals surface area contributed by atoms with E-state index < -0.39 is 18.0 Å². The fourth-order valence-electron chi connectivity index (χ4n) is 3.53. The van der Waals surface area contributed by atoms with Crippen LogP contribution in [0.25, 0.3) is 0 Å². The topological polar surface area (TPSA) is 86.6 Å². The van der Waals surface area contributed by atoms with Gasteiger partial charge >= 0.3 is 11.9 Å². The van der Waals surface area contributed by atoms with Crippen LogP contribution in [0, 0.1) is 0 Å². The predicted octanol–water partition coefficient (Wildman–Crippen LogP) is 5.77. The van der Waals surface area contributed by atoms with Gasteiger partial charge in [-0.15, -0.1) is 0 Å². The zero-order valence-electron chi connectivity index (χ0n) is 19.2. The van der Waals surface area contributed by atoms with Crippen LogP contribution in [0.15, 0.2) is 0 Å². The van der Waals surface area contributed by atoms with Gasteiger partial charge in [-0.25, -0.2) is 0 Å². The monoisotopic (exact) mass is 422 g/mol. The maximum Gasteiger partial charge on any atom is 0.320 e. The quantitative estimate of drug-likeness (QED) is 0.152. The molecule has 3 N–H and O–H groups in total. The third kappa shape index (κ3) is 24.0. The van der Waals surface area contributed by atoms with Crippen LogP contribution in [-0.2, 0) is 9.59 Å². The first-order valence-corrected chi connectivity index (χ1v) is 11.8. The van der Waals surface area contributed by atoms with E-state index in [2.05, 4.69) is 12.2 Å². The van der Waals surface area contributed by atoms with Gasteiger partial charge in [0.15, 0.2) is 0 Å². The van der Waals surface area contributed by atoms with E-state index in [-0.39, 0.29) is 42.4 Å². The molecule has 0 aliphatic rings. The van der Waals surface area contributed by atoms with Crippen molar-refractivity contribution in [2.45, 2.75) is 129 Å². The van der Waals surface area contributed by atoms with Gasteiger partial charge in [0.25, 0.3) is 0 Å². The van der Waals surface area contributed by atoms with Gasteiger partial charge < -0.3 is 15.5 Å². The number of rotatable bonds is 22. The van der Waals surface area contributed by atoms with Crippen LogP contribution in [0.3, 0.4) is 0 Å². The molecule has 1 radical (unpaired) electrons. The number of unbranched alkanes of at least 4 members (excludes halogenated alkanes) is 15. The first-order valence-electron chi connectivity index (χ1n) is 11.8. The third-order valence-electron chi connectivity index (χ3n) is 5.37. The molecule has 0 aliphatic carbocycles. The Labute approximate surface area is 201 Å². The molecule has 29 heavy (non-hydrogen) atoms. The molecule has 0 bridgehead atoms. The predicted molar refractivity (Wildman–Crippen MR) is 122 cm³/mol. The summed E-state index contributed by atoms with van der Waals surface area (Å²) in [5, 5.41) is 20.7. The molecule has 0 rings (SSSR count). The number of hydrogen-bond donors (Lipinski definition) is 3. The van der Waals surface area contributed by atoms with Crippen LogP contribution in [0.1, 0.15) is 122 Å². The molecule has 6 heteroatoms. The second kappa shape index (κ2) is 24.2. The molecule has 0 heterocycles. The Morgan fingerprint density at radius 2 is 1.07 bits per heavy atom. The van der Waals surface area contributed by atoms with Crippen molar-refractivity contribution in [1.82, 2.24) is 5.32 Å². The summed E-state index contributed by atoms with van der Waals surface area (Å²) in [6.45, 7) is 2.91. The average molecular weight is 423 g/mol. The van der Waals surface area contributed by atoms with Crippen LogP contribution >= 0.6 is 0 Å². The van der Waals surface area contributed by atoms with E-state index in [0.29, 0.717) is 6.54 Å². The van der Waals surface area contributed by atoms with Crippen molar-refractivity contribution < 1.29 is 19.8 Å². The molecule has 0 saturated carbocycles. The van der Waals surface area contributed by atoms with Crippen molar-refractivity contribution in [2.24, 2.45) is 0 Å². The first-order chi connectivity index (χ1) is 13.6. The summed E-state index contributed by atoms with van der Waals surface area (Å²) in [4.78, 5) is 21.6. The number of nitrogens with one attached hydrogen (secondary N) is 1. The molecule has 0 aliphatic heterocycles. The Bertz CT molecular complexity index is 380. The maximum atomic E-state index is 11.1. The molecule has 0 fully saturated rings. The zero-order chi connectivity index (χ0) is 20.9. The van der Waals surface area contributed by atoms with E-state index in [1.807, 2.05) is 0 Å². The normalized spacial score (nSPS) is 11.8. The van der Waals surface area contributed by atoms with Crippen molar-refractivity contribution in [3.05, 3.63) is 0 Å².